The first-order valence-electron chi connectivity index (χ1n) is 27.8. The van der Waals surface area contributed by atoms with Crippen molar-refractivity contribution in [3.05, 3.63) is 35.4 Å². The molecule has 0 radical (unpaired) electrons. The Morgan fingerprint density at radius 2 is 1.32 bits per heavy atom. The molecular weight excluding hydrogens is 1040 g/mol. The molecule has 80 heavy (non-hydrogen) atoms. The van der Waals surface area contributed by atoms with Crippen molar-refractivity contribution in [2.45, 2.75) is 180 Å². The van der Waals surface area contributed by atoms with Gasteiger partial charge in [-0.3, -0.25) is 19.2 Å². The van der Waals surface area contributed by atoms with E-state index in [4.69, 9.17) is 42.6 Å². The smallest absolute Gasteiger partial charge is 0.337 e. The lowest BCUT2D eigenvalue weighted by Crippen LogP contribution is -2.68. The number of aliphatic hydroxyl groups excluding tert-OH is 5. The molecule has 1 aromatic carbocycles. The summed E-state index contributed by atoms with van der Waals surface area (Å²) in [4.78, 5) is 83.4. The summed E-state index contributed by atoms with van der Waals surface area (Å²) in [5, 5.41) is 57.7. The predicted molar refractivity (Wildman–Crippen MR) is 281 cm³/mol. The maximum absolute atomic E-state index is 15.5. The lowest BCUT2D eigenvalue weighted by molar-refractivity contribution is -0.371. The van der Waals surface area contributed by atoms with E-state index in [1.165, 1.54) is 26.2 Å². The van der Waals surface area contributed by atoms with Crippen molar-refractivity contribution in [2.75, 3.05) is 48.6 Å². The Morgan fingerprint density at radius 1 is 0.700 bits per heavy atom. The Morgan fingerprint density at radius 3 is 1.95 bits per heavy atom. The number of hydrogen-bond acceptors (Lipinski definition) is 20. The van der Waals surface area contributed by atoms with Crippen molar-refractivity contribution in [3.63, 3.8) is 0 Å². The van der Waals surface area contributed by atoms with Gasteiger partial charge in [0.05, 0.1) is 48.2 Å². The molecule has 2 aliphatic heterocycles. The van der Waals surface area contributed by atoms with Crippen LogP contribution in [0.3, 0.4) is 0 Å². The fourth-order valence-corrected chi connectivity index (χ4v) is 15.8. The summed E-state index contributed by atoms with van der Waals surface area (Å²) >= 11 is 0. The van der Waals surface area contributed by atoms with E-state index >= 15 is 9.59 Å². The monoisotopic (exact) mass is 1130 g/mol. The topological polar surface area (TPSA) is 302 Å². The van der Waals surface area contributed by atoms with E-state index in [1.54, 1.807) is 12.1 Å². The average Bonchev–Trinajstić information content (AvgIpc) is 3.44. The summed E-state index contributed by atoms with van der Waals surface area (Å²) in [5.41, 5.74) is -1.63. The lowest BCUT2D eigenvalue weighted by Gasteiger charge is -2.70. The number of nitrogens with one attached hydrogen (secondary N) is 1. The third-order valence-electron chi connectivity index (χ3n) is 20.7. The van der Waals surface area contributed by atoms with Crippen LogP contribution in [0.15, 0.2) is 29.8 Å². The number of fused-ring (bicyclic) bond motifs is 7. The van der Waals surface area contributed by atoms with Gasteiger partial charge in [0.1, 0.15) is 43.2 Å². The normalized spacial score (nSPS) is 41.0. The SMILES string of the molecule is COC(=O)CNC(=O)CN(Cc1ccc(OC)c(OC)c1)C(=O)[C@@]1(C)CC[C@]2(C)CC[C@]3(C)C(=CC(=O)[C@@H]4[C@@]5(C)CC[C@H](O[C@@H]6O[C@H](C(=O)OC)[C@@H](O)[C@H](O)[C@H]6O[C@@H]6O[C@H](C(=O)OC)[C@@H](O)[C@H](O)[C@H]6O)C(C)(C)[C@@H]5CC[C@]43C)[C@@H]2C1. The molecule has 0 bridgehead atoms. The van der Waals surface area contributed by atoms with Crippen molar-refractivity contribution in [1.82, 2.24) is 10.2 Å². The van der Waals surface area contributed by atoms with Crippen LogP contribution in [-0.4, -0.2) is 182 Å². The molecule has 446 valence electrons. The highest BCUT2D eigenvalue weighted by atomic mass is 16.8. The molecule has 2 heterocycles. The highest BCUT2D eigenvalue weighted by Crippen LogP contribution is 2.75. The number of rotatable bonds is 15. The minimum atomic E-state index is -1.97. The predicted octanol–water partition coefficient (Wildman–Crippen LogP) is 2.67. The Bertz CT molecular complexity index is 2580. The zero-order valence-corrected chi connectivity index (χ0v) is 48.2. The van der Waals surface area contributed by atoms with E-state index in [0.29, 0.717) is 55.6 Å². The van der Waals surface area contributed by atoms with Gasteiger partial charge in [0.15, 0.2) is 42.1 Å². The third kappa shape index (κ3) is 10.4. The summed E-state index contributed by atoms with van der Waals surface area (Å²) in [6.07, 6.45) is -11.5. The van der Waals surface area contributed by atoms with E-state index in [1.807, 2.05) is 19.1 Å². The number of esters is 3. The summed E-state index contributed by atoms with van der Waals surface area (Å²) in [7, 11) is 6.40. The van der Waals surface area contributed by atoms with Gasteiger partial charge in [0.2, 0.25) is 11.8 Å². The van der Waals surface area contributed by atoms with Crippen LogP contribution in [0.25, 0.3) is 0 Å². The molecule has 19 atom stereocenters. The van der Waals surface area contributed by atoms with Crippen molar-refractivity contribution in [2.24, 2.45) is 50.2 Å². The average molecular weight is 1130 g/mol. The largest absolute Gasteiger partial charge is 0.493 e. The minimum absolute atomic E-state index is 0.0354. The molecule has 6 N–H and O–H groups in total. The first-order valence-corrected chi connectivity index (χ1v) is 27.8. The number of amides is 2. The zero-order chi connectivity index (χ0) is 58.8. The van der Waals surface area contributed by atoms with E-state index < -0.39 is 124 Å². The molecule has 5 aliphatic carbocycles. The number of nitrogens with zero attached hydrogens (tertiary/aromatic N) is 1. The number of hydrogen-bond donors (Lipinski definition) is 6. The highest BCUT2D eigenvalue weighted by Gasteiger charge is 2.71. The van der Waals surface area contributed by atoms with E-state index in [-0.39, 0.29) is 48.6 Å². The molecule has 0 aromatic heterocycles. The van der Waals surface area contributed by atoms with Crippen LogP contribution in [0.2, 0.25) is 0 Å². The molecular formula is C58H84N2O20. The second-order valence-electron chi connectivity index (χ2n) is 25.4. The molecule has 0 spiro atoms. The van der Waals surface area contributed by atoms with E-state index in [0.717, 1.165) is 39.1 Å². The Labute approximate surface area is 467 Å². The van der Waals surface area contributed by atoms with Crippen molar-refractivity contribution in [1.29, 1.82) is 0 Å². The summed E-state index contributed by atoms with van der Waals surface area (Å²) in [6, 6.07) is 5.33. The van der Waals surface area contributed by atoms with Gasteiger partial charge in [-0.2, -0.15) is 0 Å². The van der Waals surface area contributed by atoms with Crippen LogP contribution in [0.5, 0.6) is 11.5 Å². The third-order valence-corrected chi connectivity index (χ3v) is 20.7. The standard InChI is InChI=1S/C58H84N2O20/c1-53(2)35-15-18-58(7)47(56(35,5)17-16-36(53)77-51-46(42(67)41(66)45(79-51)49(70)76-12)80-50-43(68)39(64)40(65)44(78-50)48(69)75-11)32(61)24-30-31-25-55(4,20-19-54(31,3)21-22-57(30,58)6)52(71)60(28-37(62)59-26-38(63)74-10)27-29-13-14-33(72-8)34(23-29)73-9/h13-14,23-24,31,35-36,39-47,50-51,64-68H,15-22,25-28H2,1-12H3,(H,59,62)/t31-,35-,36-,39-,40-,41-,42-,43+,44-,45-,46+,47+,50-,51+,54+,55-,56-,57+,58+/m0/s1. The molecule has 2 amide bonds. The Balaban J connectivity index is 1.06. The molecule has 22 nitrogen and oxygen atoms in total. The van der Waals surface area contributed by atoms with Crippen LogP contribution in [0.4, 0.5) is 0 Å². The van der Waals surface area contributed by atoms with Gasteiger partial charge in [-0.1, -0.05) is 60.1 Å². The maximum atomic E-state index is 15.5. The van der Waals surface area contributed by atoms with Crippen molar-refractivity contribution >= 4 is 35.5 Å². The van der Waals surface area contributed by atoms with Gasteiger partial charge in [0, 0.05) is 17.9 Å². The van der Waals surface area contributed by atoms with Gasteiger partial charge in [-0.15, -0.1) is 0 Å². The van der Waals surface area contributed by atoms with E-state index in [2.05, 4.69) is 46.9 Å². The van der Waals surface area contributed by atoms with Crippen LogP contribution in [0, 0.1) is 50.2 Å². The van der Waals surface area contributed by atoms with Crippen LogP contribution in [-0.2, 0) is 68.5 Å². The van der Waals surface area contributed by atoms with Gasteiger partial charge in [-0.25, -0.2) is 9.59 Å². The number of methoxy groups -OCH3 is 5. The van der Waals surface area contributed by atoms with Gasteiger partial charge >= 0.3 is 17.9 Å². The molecule has 6 fully saturated rings. The number of aliphatic hydroxyl groups is 5. The lowest BCUT2D eigenvalue weighted by atomic mass is 9.33. The first-order chi connectivity index (χ1) is 37.5. The zero-order valence-electron chi connectivity index (χ0n) is 48.2. The number of ether oxygens (including phenoxy) is 9. The summed E-state index contributed by atoms with van der Waals surface area (Å²) in [6.45, 7) is 14.5. The van der Waals surface area contributed by atoms with Gasteiger partial charge in [-0.05, 0) is 120 Å². The minimum Gasteiger partial charge on any atom is -0.493 e. The van der Waals surface area contributed by atoms with E-state index in [9.17, 15) is 44.7 Å². The first kappa shape index (κ1) is 61.3. The number of benzene rings is 1. The number of carbonyl (C=O) groups excluding carboxylic acids is 6. The fraction of sp³-hybridized carbons (Fsp3) is 0.759. The molecule has 0 unspecified atom stereocenters. The molecule has 8 rings (SSSR count). The molecule has 1 aromatic rings. The van der Waals surface area contributed by atoms with Crippen LogP contribution < -0.4 is 14.8 Å². The second kappa shape index (κ2) is 22.8. The fourth-order valence-electron chi connectivity index (χ4n) is 15.8. The molecule has 2 saturated heterocycles. The quantitative estimate of drug-likeness (QED) is 0.0836. The Kier molecular flexibility index (Phi) is 17.4. The number of allylic oxidation sites excluding steroid dienone is 2. The van der Waals surface area contributed by atoms with Crippen molar-refractivity contribution in [3.8, 4) is 11.5 Å². The molecule has 22 heteroatoms. The van der Waals surface area contributed by atoms with Crippen molar-refractivity contribution < 1.29 is 96.9 Å². The Hall–Kier alpha value is -4.78. The molecule has 4 saturated carbocycles. The highest BCUT2D eigenvalue weighted by molar-refractivity contribution is 5.96. The molecule has 7 aliphatic rings. The van der Waals surface area contributed by atoms with Crippen LogP contribution >= 0.6 is 0 Å². The van der Waals surface area contributed by atoms with Crippen LogP contribution in [0.1, 0.15) is 112 Å². The summed E-state index contributed by atoms with van der Waals surface area (Å²) in [5.74, 6) is -3.14. The van der Waals surface area contributed by atoms with Gasteiger partial charge in [0.25, 0.3) is 0 Å². The summed E-state index contributed by atoms with van der Waals surface area (Å²) < 4.78 is 49.9. The second-order valence-corrected chi connectivity index (χ2v) is 25.4. The van der Waals surface area contributed by atoms with Gasteiger partial charge < -0.3 is 78.4 Å². The number of ketones is 1. The maximum Gasteiger partial charge on any atom is 0.337 e. The number of carbonyl (C=O) groups is 6.